The Kier molecular flexibility index (Phi) is 6.12. The minimum absolute atomic E-state index is 0.242. The number of halogens is 1. The maximum Gasteiger partial charge on any atom is 0.141 e. The summed E-state index contributed by atoms with van der Waals surface area (Å²) in [5.74, 6) is 0.455. The van der Waals surface area contributed by atoms with Gasteiger partial charge in [-0.05, 0) is 30.4 Å². The van der Waals surface area contributed by atoms with Crippen LogP contribution in [-0.4, -0.2) is 35.1 Å². The maximum atomic E-state index is 13.3. The molecule has 1 fully saturated rings. The number of hydrogen-bond donors (Lipinski definition) is 1. The number of piperazine rings is 1. The fourth-order valence-electron chi connectivity index (χ4n) is 3.24. The van der Waals surface area contributed by atoms with Crippen molar-refractivity contribution >= 4 is 0 Å². The van der Waals surface area contributed by atoms with Crippen molar-refractivity contribution in [1.29, 1.82) is 0 Å². The molecule has 4 heteroatoms. The summed E-state index contributed by atoms with van der Waals surface area (Å²) in [5, 5.41) is 3.68. The number of hydrogen-bond acceptors (Lipinski definition) is 3. The second-order valence-electron chi connectivity index (χ2n) is 6.62. The van der Waals surface area contributed by atoms with Crippen LogP contribution >= 0.6 is 0 Å². The number of nitrogens with zero attached hydrogens (tertiary/aromatic N) is 2. The van der Waals surface area contributed by atoms with Crippen molar-refractivity contribution in [2.75, 3.05) is 13.1 Å². The Morgan fingerprint density at radius 2 is 2.24 bits per heavy atom. The van der Waals surface area contributed by atoms with E-state index >= 15 is 0 Å². The second-order valence-corrected chi connectivity index (χ2v) is 6.62. The summed E-state index contributed by atoms with van der Waals surface area (Å²) >= 11 is 0. The van der Waals surface area contributed by atoms with Crippen LogP contribution in [0.25, 0.3) is 0 Å². The van der Waals surface area contributed by atoms with Gasteiger partial charge in [-0.1, -0.05) is 27.2 Å². The Morgan fingerprint density at radius 3 is 2.90 bits per heavy atom. The van der Waals surface area contributed by atoms with E-state index in [4.69, 9.17) is 0 Å². The first-order valence-electron chi connectivity index (χ1n) is 8.15. The normalized spacial score (nSPS) is 23.7. The van der Waals surface area contributed by atoms with E-state index in [1.807, 2.05) is 0 Å². The lowest BCUT2D eigenvalue weighted by molar-refractivity contribution is 0.107. The minimum atomic E-state index is -0.242. The van der Waals surface area contributed by atoms with Crippen molar-refractivity contribution in [2.24, 2.45) is 5.92 Å². The SMILES string of the molecule is CCCC1CNC(CC(C)C)CN1Cc1cncc(F)c1. The molecule has 1 aliphatic heterocycles. The Bertz CT molecular complexity index is 436. The van der Waals surface area contributed by atoms with E-state index in [0.717, 1.165) is 25.2 Å². The standard InChI is InChI=1S/C17H28FN3/c1-4-5-17-10-20-16(6-13(2)3)12-21(17)11-14-7-15(18)9-19-8-14/h7-9,13,16-17,20H,4-6,10-12H2,1-3H3. The Labute approximate surface area is 127 Å². The van der Waals surface area contributed by atoms with Gasteiger partial charge in [-0.3, -0.25) is 9.88 Å². The predicted molar refractivity (Wildman–Crippen MR) is 84.5 cm³/mol. The molecule has 1 aromatic heterocycles. The van der Waals surface area contributed by atoms with Gasteiger partial charge in [0.25, 0.3) is 0 Å². The molecule has 0 radical (unpaired) electrons. The van der Waals surface area contributed by atoms with Crippen molar-refractivity contribution in [1.82, 2.24) is 15.2 Å². The zero-order valence-electron chi connectivity index (χ0n) is 13.5. The van der Waals surface area contributed by atoms with Crippen LogP contribution in [0, 0.1) is 11.7 Å². The molecule has 0 aliphatic carbocycles. The predicted octanol–water partition coefficient (Wildman–Crippen LogP) is 3.21. The average Bonchev–Trinajstić information content (AvgIpc) is 2.41. The Balaban J connectivity index is 2.02. The first-order valence-corrected chi connectivity index (χ1v) is 8.15. The van der Waals surface area contributed by atoms with Crippen LogP contribution in [0.1, 0.15) is 45.6 Å². The highest BCUT2D eigenvalue weighted by molar-refractivity contribution is 5.10. The van der Waals surface area contributed by atoms with Crippen molar-refractivity contribution in [3.05, 3.63) is 29.8 Å². The molecule has 2 atom stereocenters. The minimum Gasteiger partial charge on any atom is -0.311 e. The van der Waals surface area contributed by atoms with Crippen LogP contribution in [-0.2, 0) is 6.54 Å². The third-order valence-corrected chi connectivity index (χ3v) is 4.14. The highest BCUT2D eigenvalue weighted by Crippen LogP contribution is 2.19. The molecule has 0 bridgehead atoms. The zero-order chi connectivity index (χ0) is 15.2. The van der Waals surface area contributed by atoms with E-state index in [-0.39, 0.29) is 5.82 Å². The fraction of sp³-hybridized carbons (Fsp3) is 0.706. The van der Waals surface area contributed by atoms with E-state index in [0.29, 0.717) is 18.0 Å². The molecule has 21 heavy (non-hydrogen) atoms. The molecule has 0 aromatic carbocycles. The average molecular weight is 293 g/mol. The third kappa shape index (κ3) is 5.04. The fourth-order valence-corrected chi connectivity index (χ4v) is 3.24. The van der Waals surface area contributed by atoms with Crippen LogP contribution < -0.4 is 5.32 Å². The van der Waals surface area contributed by atoms with Gasteiger partial charge in [-0.25, -0.2) is 4.39 Å². The number of nitrogens with one attached hydrogen (secondary N) is 1. The maximum absolute atomic E-state index is 13.3. The van der Waals surface area contributed by atoms with E-state index in [9.17, 15) is 4.39 Å². The van der Waals surface area contributed by atoms with E-state index in [1.54, 1.807) is 12.3 Å². The van der Waals surface area contributed by atoms with Crippen molar-refractivity contribution in [2.45, 2.75) is 58.7 Å². The molecule has 1 saturated heterocycles. The van der Waals surface area contributed by atoms with Crippen LogP contribution in [0.5, 0.6) is 0 Å². The summed E-state index contributed by atoms with van der Waals surface area (Å²) in [7, 11) is 0. The van der Waals surface area contributed by atoms with Crippen LogP contribution in [0.3, 0.4) is 0 Å². The van der Waals surface area contributed by atoms with Gasteiger partial charge in [0.2, 0.25) is 0 Å². The molecule has 1 N–H and O–H groups in total. The highest BCUT2D eigenvalue weighted by atomic mass is 19.1. The lowest BCUT2D eigenvalue weighted by Crippen LogP contribution is -2.56. The van der Waals surface area contributed by atoms with Gasteiger partial charge in [0.15, 0.2) is 0 Å². The summed E-state index contributed by atoms with van der Waals surface area (Å²) in [6, 6.07) is 2.69. The number of rotatable bonds is 6. The van der Waals surface area contributed by atoms with Gasteiger partial charge in [-0.15, -0.1) is 0 Å². The van der Waals surface area contributed by atoms with Crippen molar-refractivity contribution in [3.63, 3.8) is 0 Å². The van der Waals surface area contributed by atoms with Crippen molar-refractivity contribution in [3.8, 4) is 0 Å². The topological polar surface area (TPSA) is 28.2 Å². The second kappa shape index (κ2) is 7.85. The van der Waals surface area contributed by atoms with Gasteiger partial charge in [-0.2, -0.15) is 0 Å². The Hall–Kier alpha value is -1.00. The molecule has 1 aliphatic rings. The lowest BCUT2D eigenvalue weighted by atomic mass is 9.98. The van der Waals surface area contributed by atoms with Gasteiger partial charge in [0.1, 0.15) is 5.82 Å². The molecule has 2 rings (SSSR count). The molecule has 2 heterocycles. The number of pyridine rings is 1. The van der Waals surface area contributed by atoms with Gasteiger partial charge in [0.05, 0.1) is 6.20 Å². The first-order chi connectivity index (χ1) is 10.1. The molecule has 0 spiro atoms. The summed E-state index contributed by atoms with van der Waals surface area (Å²) in [6.45, 7) is 9.63. The van der Waals surface area contributed by atoms with Gasteiger partial charge in [0, 0.05) is 37.9 Å². The monoisotopic (exact) mass is 293 g/mol. The number of aromatic nitrogens is 1. The van der Waals surface area contributed by atoms with Gasteiger partial charge >= 0.3 is 0 Å². The zero-order valence-corrected chi connectivity index (χ0v) is 13.5. The van der Waals surface area contributed by atoms with Crippen molar-refractivity contribution < 1.29 is 4.39 Å². The molecular weight excluding hydrogens is 265 g/mol. The van der Waals surface area contributed by atoms with E-state index < -0.39 is 0 Å². The molecule has 118 valence electrons. The van der Waals surface area contributed by atoms with Gasteiger partial charge < -0.3 is 5.32 Å². The summed E-state index contributed by atoms with van der Waals surface area (Å²) in [5.41, 5.74) is 0.973. The van der Waals surface area contributed by atoms with E-state index in [1.165, 1.54) is 25.5 Å². The van der Waals surface area contributed by atoms with Crippen LogP contribution in [0.15, 0.2) is 18.5 Å². The molecule has 1 aromatic rings. The summed E-state index contributed by atoms with van der Waals surface area (Å²) in [6.07, 6.45) is 6.61. The Morgan fingerprint density at radius 1 is 1.43 bits per heavy atom. The molecule has 0 amide bonds. The highest BCUT2D eigenvalue weighted by Gasteiger charge is 2.27. The summed E-state index contributed by atoms with van der Waals surface area (Å²) < 4.78 is 13.3. The third-order valence-electron chi connectivity index (χ3n) is 4.14. The lowest BCUT2D eigenvalue weighted by Gasteiger charge is -2.41. The van der Waals surface area contributed by atoms with Crippen LogP contribution in [0.4, 0.5) is 4.39 Å². The molecule has 3 nitrogen and oxygen atoms in total. The molecule has 0 saturated carbocycles. The first kappa shape index (κ1) is 16.4. The van der Waals surface area contributed by atoms with E-state index in [2.05, 4.69) is 36.0 Å². The quantitative estimate of drug-likeness (QED) is 0.873. The summed E-state index contributed by atoms with van der Waals surface area (Å²) in [4.78, 5) is 6.47. The molecular formula is C17H28FN3. The smallest absolute Gasteiger partial charge is 0.141 e. The van der Waals surface area contributed by atoms with Crippen LogP contribution in [0.2, 0.25) is 0 Å². The molecule has 2 unspecified atom stereocenters. The largest absolute Gasteiger partial charge is 0.311 e.